The summed E-state index contributed by atoms with van der Waals surface area (Å²) in [4.78, 5) is 0. The summed E-state index contributed by atoms with van der Waals surface area (Å²) in [6.07, 6.45) is 0. The van der Waals surface area contributed by atoms with Crippen molar-refractivity contribution in [1.82, 2.24) is 0 Å². The summed E-state index contributed by atoms with van der Waals surface area (Å²) in [6.45, 7) is 16.5. The summed E-state index contributed by atoms with van der Waals surface area (Å²) in [5.41, 5.74) is 5.20. The summed E-state index contributed by atoms with van der Waals surface area (Å²) < 4.78 is 25.4. The van der Waals surface area contributed by atoms with Gasteiger partial charge in [-0.2, -0.15) is 0 Å². The standard InChI is InChI=1S/C37H36B2O4/c1-24-35(2,3)41-38(40-24)27-18-20-29-30-21-19-28(39-42-36(4,5)37(6,7)43-39)23-32(30)34(26-16-12-9-13-17-26)33(31(29)22-27)25-14-10-8-11-15-25/h8-23H,1H2,2-7H3. The van der Waals surface area contributed by atoms with Crippen molar-refractivity contribution in [2.24, 2.45) is 0 Å². The van der Waals surface area contributed by atoms with Crippen molar-refractivity contribution >= 4 is 46.7 Å². The van der Waals surface area contributed by atoms with Gasteiger partial charge >= 0.3 is 14.2 Å². The maximum Gasteiger partial charge on any atom is 0.563 e. The molecule has 0 radical (unpaired) electrons. The predicted octanol–water partition coefficient (Wildman–Crippen LogP) is 7.66. The molecule has 2 fully saturated rings. The molecule has 6 heteroatoms. The van der Waals surface area contributed by atoms with Gasteiger partial charge in [0.15, 0.2) is 0 Å². The van der Waals surface area contributed by atoms with Crippen LogP contribution in [-0.4, -0.2) is 31.0 Å². The lowest BCUT2D eigenvalue weighted by atomic mass is 9.74. The molecule has 0 aliphatic carbocycles. The third-order valence-corrected chi connectivity index (χ3v) is 9.41. The molecular formula is C37H36B2O4. The highest BCUT2D eigenvalue weighted by molar-refractivity contribution is 6.63. The fourth-order valence-electron chi connectivity index (χ4n) is 6.12. The van der Waals surface area contributed by atoms with Crippen LogP contribution in [0.25, 0.3) is 43.8 Å². The van der Waals surface area contributed by atoms with Crippen LogP contribution in [0.15, 0.2) is 109 Å². The first-order chi connectivity index (χ1) is 20.5. The predicted molar refractivity (Wildman–Crippen MR) is 179 cm³/mol. The van der Waals surface area contributed by atoms with Crippen molar-refractivity contribution in [3.63, 3.8) is 0 Å². The van der Waals surface area contributed by atoms with E-state index in [1.54, 1.807) is 0 Å². The second-order valence-corrected chi connectivity index (χ2v) is 13.2. The van der Waals surface area contributed by atoms with Crippen LogP contribution in [0.5, 0.6) is 0 Å². The Labute approximate surface area is 254 Å². The largest absolute Gasteiger partial charge is 0.563 e. The highest BCUT2D eigenvalue weighted by atomic mass is 16.7. The lowest BCUT2D eigenvalue weighted by Crippen LogP contribution is -2.41. The molecular weight excluding hydrogens is 530 g/mol. The smallest absolute Gasteiger partial charge is 0.534 e. The van der Waals surface area contributed by atoms with E-state index in [4.69, 9.17) is 18.6 Å². The van der Waals surface area contributed by atoms with Crippen LogP contribution >= 0.6 is 0 Å². The van der Waals surface area contributed by atoms with Gasteiger partial charge in [0.05, 0.1) is 17.0 Å². The number of hydrogen-bond donors (Lipinski definition) is 0. The third-order valence-electron chi connectivity index (χ3n) is 9.41. The summed E-state index contributed by atoms with van der Waals surface area (Å²) in [6, 6.07) is 34.4. The fraction of sp³-hybridized carbons (Fsp3) is 0.243. The van der Waals surface area contributed by atoms with E-state index in [0.717, 1.165) is 38.2 Å². The molecule has 0 unspecified atom stereocenters. The zero-order chi connectivity index (χ0) is 30.1. The molecule has 5 aromatic rings. The van der Waals surface area contributed by atoms with Gasteiger partial charge in [0, 0.05) is 0 Å². The van der Waals surface area contributed by atoms with Crippen molar-refractivity contribution in [3.8, 4) is 22.3 Å². The van der Waals surface area contributed by atoms with E-state index < -0.39 is 31.0 Å². The molecule has 0 amide bonds. The zero-order valence-electron chi connectivity index (χ0n) is 25.7. The molecule has 5 aromatic carbocycles. The van der Waals surface area contributed by atoms with Gasteiger partial charge in [-0.15, -0.1) is 0 Å². The molecule has 0 aromatic heterocycles. The van der Waals surface area contributed by atoms with Gasteiger partial charge in [-0.3, -0.25) is 0 Å². The lowest BCUT2D eigenvalue weighted by Gasteiger charge is -2.32. The minimum atomic E-state index is -0.551. The Balaban J connectivity index is 1.53. The van der Waals surface area contributed by atoms with E-state index in [2.05, 4.69) is 131 Å². The zero-order valence-corrected chi connectivity index (χ0v) is 25.7. The summed E-state index contributed by atoms with van der Waals surface area (Å²) >= 11 is 0. The summed E-state index contributed by atoms with van der Waals surface area (Å²) in [5.74, 6) is 0.639. The summed E-state index contributed by atoms with van der Waals surface area (Å²) in [5, 5.41) is 4.62. The number of fused-ring (bicyclic) bond motifs is 3. The van der Waals surface area contributed by atoms with Crippen molar-refractivity contribution in [1.29, 1.82) is 0 Å². The molecule has 0 N–H and O–H groups in total. The number of rotatable bonds is 4. The normalized spacial score (nSPS) is 18.9. The molecule has 214 valence electrons. The Bertz CT molecular complexity index is 1860. The van der Waals surface area contributed by atoms with Gasteiger partial charge in [-0.1, -0.05) is 104 Å². The van der Waals surface area contributed by atoms with Gasteiger partial charge in [-0.25, -0.2) is 0 Å². The molecule has 4 nitrogen and oxygen atoms in total. The maximum absolute atomic E-state index is 6.49. The SMILES string of the molecule is C=C1OB(c2ccc3c(c2)c(-c2ccccc2)c(-c2ccccc2)c2cc(B4OC(C)(C)C(C)(C)O4)ccc23)OC1(C)C. The van der Waals surface area contributed by atoms with Gasteiger partial charge in [0.25, 0.3) is 0 Å². The van der Waals surface area contributed by atoms with Gasteiger partial charge in [0.1, 0.15) is 5.60 Å². The van der Waals surface area contributed by atoms with Crippen LogP contribution in [0.1, 0.15) is 41.5 Å². The highest BCUT2D eigenvalue weighted by Crippen LogP contribution is 2.45. The van der Waals surface area contributed by atoms with Crippen molar-refractivity contribution in [2.75, 3.05) is 0 Å². The topological polar surface area (TPSA) is 36.9 Å². The third kappa shape index (κ3) is 4.60. The van der Waals surface area contributed by atoms with Crippen LogP contribution in [0, 0.1) is 0 Å². The maximum atomic E-state index is 6.49. The van der Waals surface area contributed by atoms with E-state index >= 15 is 0 Å². The molecule has 2 heterocycles. The van der Waals surface area contributed by atoms with E-state index in [1.165, 1.54) is 16.5 Å². The Morgan fingerprint density at radius 3 is 1.37 bits per heavy atom. The van der Waals surface area contributed by atoms with Crippen molar-refractivity contribution in [3.05, 3.63) is 109 Å². The molecule has 7 rings (SSSR count). The van der Waals surface area contributed by atoms with E-state index in [9.17, 15) is 0 Å². The molecule has 0 atom stereocenters. The lowest BCUT2D eigenvalue weighted by molar-refractivity contribution is 0.00578. The van der Waals surface area contributed by atoms with E-state index in [1.807, 2.05) is 13.8 Å². The Hall–Kier alpha value is -3.83. The average molecular weight is 566 g/mol. The van der Waals surface area contributed by atoms with Crippen LogP contribution in [0.4, 0.5) is 0 Å². The number of hydrogen-bond acceptors (Lipinski definition) is 4. The Morgan fingerprint density at radius 2 is 0.953 bits per heavy atom. The van der Waals surface area contributed by atoms with E-state index in [-0.39, 0.29) is 0 Å². The first-order valence-electron chi connectivity index (χ1n) is 15.0. The monoisotopic (exact) mass is 566 g/mol. The first-order valence-corrected chi connectivity index (χ1v) is 15.0. The first kappa shape index (κ1) is 28.0. The second-order valence-electron chi connectivity index (χ2n) is 13.2. The van der Waals surface area contributed by atoms with Crippen LogP contribution in [0.3, 0.4) is 0 Å². The Morgan fingerprint density at radius 1 is 0.512 bits per heavy atom. The van der Waals surface area contributed by atoms with Gasteiger partial charge in [0.2, 0.25) is 0 Å². The minimum Gasteiger partial charge on any atom is -0.534 e. The van der Waals surface area contributed by atoms with Crippen LogP contribution in [-0.2, 0) is 18.6 Å². The molecule has 43 heavy (non-hydrogen) atoms. The van der Waals surface area contributed by atoms with Crippen molar-refractivity contribution in [2.45, 2.75) is 58.3 Å². The highest BCUT2D eigenvalue weighted by Gasteiger charge is 2.51. The van der Waals surface area contributed by atoms with Crippen LogP contribution < -0.4 is 10.9 Å². The molecule has 2 aliphatic rings. The van der Waals surface area contributed by atoms with Gasteiger partial charge < -0.3 is 18.6 Å². The average Bonchev–Trinajstić information content (AvgIpc) is 3.40. The molecule has 0 bridgehead atoms. The molecule has 0 saturated carbocycles. The number of benzene rings is 5. The molecule has 0 spiro atoms. The summed E-state index contributed by atoms with van der Waals surface area (Å²) in [7, 11) is -0.971. The molecule has 2 aliphatic heterocycles. The fourth-order valence-corrected chi connectivity index (χ4v) is 6.12. The van der Waals surface area contributed by atoms with Crippen molar-refractivity contribution < 1.29 is 18.6 Å². The Kier molecular flexibility index (Phi) is 6.41. The second kappa shape index (κ2) is 9.85. The quantitative estimate of drug-likeness (QED) is 0.165. The minimum absolute atomic E-state index is 0.423. The van der Waals surface area contributed by atoms with E-state index in [0.29, 0.717) is 5.76 Å². The van der Waals surface area contributed by atoms with Gasteiger partial charge in [-0.05, 0) is 96.3 Å². The van der Waals surface area contributed by atoms with Crippen LogP contribution in [0.2, 0.25) is 0 Å². The molecule has 2 saturated heterocycles.